The number of anilines is 1. The van der Waals surface area contributed by atoms with Crippen LogP contribution in [0.2, 0.25) is 0 Å². The van der Waals surface area contributed by atoms with E-state index in [-0.39, 0.29) is 16.4 Å². The maximum atomic E-state index is 13.2. The van der Waals surface area contributed by atoms with Crippen LogP contribution >= 0.6 is 0 Å². The van der Waals surface area contributed by atoms with Gasteiger partial charge in [-0.15, -0.1) is 0 Å². The molecule has 1 amide bonds. The van der Waals surface area contributed by atoms with Crippen LogP contribution in [0.4, 0.5) is 5.69 Å². The SMILES string of the molecule is CC1CCCCN1CCCNC(=O)c1ccccc1S(=O)(=O)N(C)c1ccccc1. The highest BCUT2D eigenvalue weighted by Crippen LogP contribution is 2.24. The summed E-state index contributed by atoms with van der Waals surface area (Å²) in [5.74, 6) is -0.359. The molecule has 0 saturated carbocycles. The van der Waals surface area contributed by atoms with Crippen molar-refractivity contribution in [2.45, 2.75) is 43.5 Å². The third kappa shape index (κ3) is 5.21. The van der Waals surface area contributed by atoms with Crippen molar-refractivity contribution in [3.05, 3.63) is 60.2 Å². The number of hydrogen-bond donors (Lipinski definition) is 1. The van der Waals surface area contributed by atoms with Crippen LogP contribution in [0.3, 0.4) is 0 Å². The largest absolute Gasteiger partial charge is 0.352 e. The fraction of sp³-hybridized carbons (Fsp3) is 0.435. The minimum Gasteiger partial charge on any atom is -0.352 e. The molecule has 0 radical (unpaired) electrons. The molecule has 7 heteroatoms. The number of para-hydroxylation sites is 1. The van der Waals surface area contributed by atoms with Crippen molar-refractivity contribution in [3.63, 3.8) is 0 Å². The molecule has 30 heavy (non-hydrogen) atoms. The maximum Gasteiger partial charge on any atom is 0.264 e. The van der Waals surface area contributed by atoms with Gasteiger partial charge in [-0.05, 0) is 57.0 Å². The van der Waals surface area contributed by atoms with Gasteiger partial charge in [0.05, 0.1) is 11.3 Å². The van der Waals surface area contributed by atoms with E-state index in [2.05, 4.69) is 17.1 Å². The van der Waals surface area contributed by atoms with E-state index in [4.69, 9.17) is 0 Å². The lowest BCUT2D eigenvalue weighted by Crippen LogP contribution is -2.39. The molecule has 0 spiro atoms. The predicted molar refractivity (Wildman–Crippen MR) is 120 cm³/mol. The van der Waals surface area contributed by atoms with Crippen molar-refractivity contribution in [1.29, 1.82) is 0 Å². The number of nitrogens with one attached hydrogen (secondary N) is 1. The Morgan fingerprint density at radius 3 is 2.53 bits per heavy atom. The highest BCUT2D eigenvalue weighted by molar-refractivity contribution is 7.92. The number of rotatable bonds is 8. The Morgan fingerprint density at radius 1 is 1.10 bits per heavy atom. The highest BCUT2D eigenvalue weighted by atomic mass is 32.2. The van der Waals surface area contributed by atoms with Gasteiger partial charge < -0.3 is 10.2 Å². The molecule has 1 saturated heterocycles. The number of likely N-dealkylation sites (tertiary alicyclic amines) is 1. The molecule has 1 heterocycles. The number of amides is 1. The molecule has 3 rings (SSSR count). The molecule has 1 aliphatic rings. The van der Waals surface area contributed by atoms with Gasteiger partial charge in [0.15, 0.2) is 0 Å². The van der Waals surface area contributed by atoms with Crippen molar-refractivity contribution < 1.29 is 13.2 Å². The molecule has 6 nitrogen and oxygen atoms in total. The van der Waals surface area contributed by atoms with Gasteiger partial charge in [-0.25, -0.2) is 8.42 Å². The van der Waals surface area contributed by atoms with Gasteiger partial charge in [-0.2, -0.15) is 0 Å². The van der Waals surface area contributed by atoms with Crippen LogP contribution in [0.25, 0.3) is 0 Å². The Bertz CT molecular complexity index is 947. The average molecular weight is 430 g/mol. The summed E-state index contributed by atoms with van der Waals surface area (Å²) in [6.07, 6.45) is 4.59. The molecule has 2 aromatic carbocycles. The number of hydrogen-bond acceptors (Lipinski definition) is 4. The number of benzene rings is 2. The molecule has 1 unspecified atom stereocenters. The third-order valence-electron chi connectivity index (χ3n) is 5.74. The van der Waals surface area contributed by atoms with Crippen LogP contribution < -0.4 is 9.62 Å². The molecular formula is C23H31N3O3S. The maximum absolute atomic E-state index is 13.2. The smallest absolute Gasteiger partial charge is 0.264 e. The lowest BCUT2D eigenvalue weighted by atomic mass is 10.0. The number of piperidine rings is 1. The van der Waals surface area contributed by atoms with Gasteiger partial charge in [0.25, 0.3) is 15.9 Å². The second-order valence-electron chi connectivity index (χ2n) is 7.79. The van der Waals surface area contributed by atoms with Gasteiger partial charge in [0, 0.05) is 26.2 Å². The third-order valence-corrected chi connectivity index (χ3v) is 7.58. The standard InChI is InChI=1S/C23H31N3O3S/c1-19-11-8-9-17-26(19)18-10-16-24-23(27)21-14-6-7-15-22(21)30(28,29)25(2)20-12-4-3-5-13-20/h3-7,12-15,19H,8-11,16-18H2,1-2H3,(H,24,27). The fourth-order valence-electron chi connectivity index (χ4n) is 3.87. The Labute approximate surface area is 179 Å². The van der Waals surface area contributed by atoms with E-state index in [0.29, 0.717) is 18.3 Å². The second-order valence-corrected chi connectivity index (χ2v) is 9.73. The van der Waals surface area contributed by atoms with Crippen LogP contribution in [0.1, 0.15) is 43.0 Å². The molecule has 0 aliphatic carbocycles. The fourth-order valence-corrected chi connectivity index (χ4v) is 5.26. The number of carbonyl (C=O) groups excluding carboxylic acids is 1. The normalized spacial score (nSPS) is 17.5. The zero-order chi connectivity index (χ0) is 21.6. The summed E-state index contributed by atoms with van der Waals surface area (Å²) in [6, 6.07) is 15.8. The van der Waals surface area contributed by atoms with Gasteiger partial charge in [-0.3, -0.25) is 9.10 Å². The summed E-state index contributed by atoms with van der Waals surface area (Å²) in [6.45, 7) is 4.83. The van der Waals surface area contributed by atoms with Gasteiger partial charge >= 0.3 is 0 Å². The summed E-state index contributed by atoms with van der Waals surface area (Å²) >= 11 is 0. The highest BCUT2D eigenvalue weighted by Gasteiger charge is 2.26. The first-order chi connectivity index (χ1) is 14.4. The number of sulfonamides is 1. The number of nitrogens with zero attached hydrogens (tertiary/aromatic N) is 2. The zero-order valence-electron chi connectivity index (χ0n) is 17.8. The molecule has 0 aromatic heterocycles. The van der Waals surface area contributed by atoms with Crippen LogP contribution in [-0.4, -0.2) is 51.9 Å². The molecule has 162 valence electrons. The zero-order valence-corrected chi connectivity index (χ0v) is 18.6. The Kier molecular flexibility index (Phi) is 7.50. The Balaban J connectivity index is 1.66. The molecule has 1 N–H and O–H groups in total. The van der Waals surface area contributed by atoms with Gasteiger partial charge in [-0.1, -0.05) is 36.8 Å². The molecule has 1 aliphatic heterocycles. The van der Waals surface area contributed by atoms with Crippen LogP contribution in [0.5, 0.6) is 0 Å². The van der Waals surface area contributed by atoms with Crippen molar-refractivity contribution in [3.8, 4) is 0 Å². The summed E-state index contributed by atoms with van der Waals surface area (Å²) in [5, 5.41) is 2.90. The van der Waals surface area contributed by atoms with E-state index in [9.17, 15) is 13.2 Å². The van der Waals surface area contributed by atoms with Gasteiger partial charge in [0.1, 0.15) is 4.90 Å². The van der Waals surface area contributed by atoms with Crippen molar-refractivity contribution in [1.82, 2.24) is 10.2 Å². The lowest BCUT2D eigenvalue weighted by Gasteiger charge is -2.33. The first-order valence-electron chi connectivity index (χ1n) is 10.6. The topological polar surface area (TPSA) is 69.7 Å². The molecule has 1 fully saturated rings. The van der Waals surface area contributed by atoms with E-state index in [0.717, 1.165) is 19.5 Å². The van der Waals surface area contributed by atoms with Crippen LogP contribution in [-0.2, 0) is 10.0 Å². The summed E-state index contributed by atoms with van der Waals surface area (Å²) < 4.78 is 27.5. The lowest BCUT2D eigenvalue weighted by molar-refractivity contribution is 0.0945. The molecule has 2 aromatic rings. The number of carbonyl (C=O) groups is 1. The Morgan fingerprint density at radius 2 is 1.80 bits per heavy atom. The van der Waals surface area contributed by atoms with E-state index >= 15 is 0 Å². The first-order valence-corrected chi connectivity index (χ1v) is 12.0. The second kappa shape index (κ2) is 10.1. The Hall–Kier alpha value is -2.38. The van der Waals surface area contributed by atoms with E-state index < -0.39 is 10.0 Å². The minimum absolute atomic E-state index is 0.0125. The van der Waals surface area contributed by atoms with Crippen molar-refractivity contribution in [2.24, 2.45) is 0 Å². The molecular weight excluding hydrogens is 398 g/mol. The predicted octanol–water partition coefficient (Wildman–Crippen LogP) is 3.51. The summed E-state index contributed by atoms with van der Waals surface area (Å²) in [7, 11) is -2.36. The van der Waals surface area contributed by atoms with Crippen LogP contribution in [0, 0.1) is 0 Å². The summed E-state index contributed by atoms with van der Waals surface area (Å²) in [5.41, 5.74) is 0.718. The quantitative estimate of drug-likeness (QED) is 0.652. The van der Waals surface area contributed by atoms with Gasteiger partial charge in [0.2, 0.25) is 0 Å². The molecule has 0 bridgehead atoms. The van der Waals surface area contributed by atoms with Crippen LogP contribution in [0.15, 0.2) is 59.5 Å². The summed E-state index contributed by atoms with van der Waals surface area (Å²) in [4.78, 5) is 15.3. The van der Waals surface area contributed by atoms with Crippen molar-refractivity contribution in [2.75, 3.05) is 31.0 Å². The van der Waals surface area contributed by atoms with E-state index in [1.807, 2.05) is 6.07 Å². The monoisotopic (exact) mass is 429 g/mol. The van der Waals surface area contributed by atoms with Crippen molar-refractivity contribution >= 4 is 21.6 Å². The molecule has 1 atom stereocenters. The first kappa shape index (κ1) is 22.3. The average Bonchev–Trinajstić information content (AvgIpc) is 2.77. The van der Waals surface area contributed by atoms with E-state index in [1.54, 1.807) is 42.5 Å². The minimum atomic E-state index is -3.86. The van der Waals surface area contributed by atoms with E-state index in [1.165, 1.54) is 36.7 Å².